The molecule has 1 heteroatoms. The summed E-state index contributed by atoms with van der Waals surface area (Å²) in [5.41, 5.74) is 0. The quantitative estimate of drug-likeness (QED) is 0.275. The fraction of sp³-hybridized carbons (Fsp3) is 0.714. The zero-order valence-electron chi connectivity index (χ0n) is 10.1. The second-order valence-electron chi connectivity index (χ2n) is 3.86. The van der Waals surface area contributed by atoms with Crippen molar-refractivity contribution in [1.29, 1.82) is 0 Å². The van der Waals surface area contributed by atoms with E-state index < -0.39 is 0 Å². The average molecular weight is 273 g/mol. The van der Waals surface area contributed by atoms with Gasteiger partial charge in [0.05, 0.1) is 0 Å². The van der Waals surface area contributed by atoms with Crippen LogP contribution < -0.4 is 0 Å². The molecule has 0 fully saturated rings. The summed E-state index contributed by atoms with van der Waals surface area (Å²) in [5, 5.41) is 1.07. The summed E-state index contributed by atoms with van der Waals surface area (Å²) in [7, 11) is 0. The molecular weight excluding hydrogens is 248 g/mol. The molecule has 0 aromatic rings. The van der Waals surface area contributed by atoms with Crippen molar-refractivity contribution in [2.75, 3.05) is 5.33 Å². The second-order valence-corrected chi connectivity index (χ2v) is 4.65. The van der Waals surface area contributed by atoms with Gasteiger partial charge in [-0.2, -0.15) is 0 Å². The molecule has 0 aromatic carbocycles. The molecule has 0 unspecified atom stereocenters. The first-order valence-electron chi connectivity index (χ1n) is 6.27. The molecule has 0 saturated heterocycles. The lowest BCUT2D eigenvalue weighted by Crippen LogP contribution is -1.75. The van der Waals surface area contributed by atoms with Crippen molar-refractivity contribution in [2.45, 2.75) is 58.3 Å². The van der Waals surface area contributed by atoms with E-state index in [-0.39, 0.29) is 0 Å². The maximum Gasteiger partial charge on any atom is 0.00659 e. The van der Waals surface area contributed by atoms with Crippen molar-refractivity contribution in [3.8, 4) is 0 Å². The minimum atomic E-state index is 1.07. The number of halogens is 1. The molecule has 0 radical (unpaired) electrons. The van der Waals surface area contributed by atoms with E-state index in [0.29, 0.717) is 0 Å². The van der Waals surface area contributed by atoms with Gasteiger partial charge in [0.15, 0.2) is 0 Å². The van der Waals surface area contributed by atoms with Gasteiger partial charge in [-0.15, -0.1) is 0 Å². The van der Waals surface area contributed by atoms with E-state index in [1.165, 1.54) is 38.5 Å². The van der Waals surface area contributed by atoms with Crippen LogP contribution in [0.4, 0.5) is 0 Å². The molecule has 88 valence electrons. The van der Waals surface area contributed by atoms with Crippen LogP contribution in [0.25, 0.3) is 0 Å². The highest BCUT2D eigenvalue weighted by Crippen LogP contribution is 2.05. The molecular formula is C14H25Br. The predicted octanol–water partition coefficient (Wildman–Crippen LogP) is 5.63. The van der Waals surface area contributed by atoms with Crippen LogP contribution in [0.15, 0.2) is 24.3 Å². The second kappa shape index (κ2) is 14.0. The van der Waals surface area contributed by atoms with Gasteiger partial charge in [-0.3, -0.25) is 0 Å². The van der Waals surface area contributed by atoms with Crippen LogP contribution >= 0.6 is 15.9 Å². The molecule has 0 rings (SSSR count). The highest BCUT2D eigenvalue weighted by Gasteiger charge is 1.85. The maximum atomic E-state index is 3.40. The maximum absolute atomic E-state index is 3.40. The number of allylic oxidation sites excluding steroid dienone is 4. The third-order valence-corrected chi connectivity index (χ3v) is 2.81. The van der Waals surface area contributed by atoms with Crippen molar-refractivity contribution in [3.63, 3.8) is 0 Å². The van der Waals surface area contributed by atoms with Gasteiger partial charge in [0, 0.05) is 5.33 Å². The third-order valence-electron chi connectivity index (χ3n) is 2.36. The number of hydrogen-bond donors (Lipinski definition) is 0. The summed E-state index contributed by atoms with van der Waals surface area (Å²) in [4.78, 5) is 0. The van der Waals surface area contributed by atoms with E-state index in [2.05, 4.69) is 47.2 Å². The average Bonchev–Trinajstić information content (AvgIpc) is 2.26. The number of rotatable bonds is 10. The monoisotopic (exact) mass is 272 g/mol. The molecule has 0 aromatic heterocycles. The summed E-state index contributed by atoms with van der Waals surface area (Å²) >= 11 is 3.40. The lowest BCUT2D eigenvalue weighted by Gasteiger charge is -1.95. The first-order valence-corrected chi connectivity index (χ1v) is 7.40. The summed E-state index contributed by atoms with van der Waals surface area (Å²) in [6.07, 6.45) is 19.5. The van der Waals surface area contributed by atoms with Crippen LogP contribution in [0.5, 0.6) is 0 Å². The molecule has 0 saturated carbocycles. The van der Waals surface area contributed by atoms with Gasteiger partial charge in [-0.05, 0) is 25.7 Å². The first-order chi connectivity index (χ1) is 7.41. The lowest BCUT2D eigenvalue weighted by molar-refractivity contribution is 0.637. The molecule has 0 aliphatic heterocycles. The van der Waals surface area contributed by atoms with Crippen molar-refractivity contribution in [1.82, 2.24) is 0 Å². The van der Waals surface area contributed by atoms with Crippen LogP contribution in [-0.4, -0.2) is 5.33 Å². The fourth-order valence-electron chi connectivity index (χ4n) is 1.44. The highest BCUT2D eigenvalue weighted by atomic mass is 79.9. The topological polar surface area (TPSA) is 0 Å². The molecule has 0 amide bonds. The molecule has 0 aliphatic rings. The predicted molar refractivity (Wildman–Crippen MR) is 74.7 cm³/mol. The summed E-state index contributed by atoms with van der Waals surface area (Å²) in [6, 6.07) is 0. The van der Waals surface area contributed by atoms with E-state index >= 15 is 0 Å². The zero-order chi connectivity index (χ0) is 11.2. The Labute approximate surface area is 104 Å². The Morgan fingerprint density at radius 1 is 0.800 bits per heavy atom. The van der Waals surface area contributed by atoms with Gasteiger partial charge in [0.1, 0.15) is 0 Å². The Bertz CT molecular complexity index is 159. The molecule has 0 aliphatic carbocycles. The third kappa shape index (κ3) is 14.0. The Hall–Kier alpha value is -0.0400. The highest BCUT2D eigenvalue weighted by molar-refractivity contribution is 9.09. The van der Waals surface area contributed by atoms with Crippen molar-refractivity contribution in [2.24, 2.45) is 0 Å². The van der Waals surface area contributed by atoms with Crippen molar-refractivity contribution in [3.05, 3.63) is 24.3 Å². The molecule has 0 atom stereocenters. The van der Waals surface area contributed by atoms with Crippen molar-refractivity contribution >= 4 is 15.9 Å². The van der Waals surface area contributed by atoms with Gasteiger partial charge in [0.25, 0.3) is 0 Å². The largest absolute Gasteiger partial charge is 0.0925 e. The number of unbranched alkanes of at least 4 members (excludes halogenated alkanes) is 5. The van der Waals surface area contributed by atoms with E-state index in [1.54, 1.807) is 0 Å². The molecule has 0 bridgehead atoms. The molecule has 0 spiro atoms. The van der Waals surface area contributed by atoms with Crippen LogP contribution in [0.1, 0.15) is 58.3 Å². The first kappa shape index (κ1) is 15.0. The lowest BCUT2D eigenvalue weighted by atomic mass is 10.1. The fourth-order valence-corrected chi connectivity index (χ4v) is 1.70. The minimum Gasteiger partial charge on any atom is -0.0925 e. The zero-order valence-corrected chi connectivity index (χ0v) is 11.6. The van der Waals surface area contributed by atoms with Gasteiger partial charge in [0.2, 0.25) is 0 Å². The Morgan fingerprint density at radius 3 is 2.13 bits per heavy atom. The summed E-state index contributed by atoms with van der Waals surface area (Å²) in [5.74, 6) is 0. The molecule has 0 heterocycles. The standard InChI is InChI=1S/C14H25Br/c1-2-3-4-5-6-7-8-9-10-11-12-13-14-15/h8-9,11-12H,2-7,10,13-14H2,1H3. The van der Waals surface area contributed by atoms with Crippen LogP contribution in [0.3, 0.4) is 0 Å². The van der Waals surface area contributed by atoms with Crippen LogP contribution in [-0.2, 0) is 0 Å². The van der Waals surface area contributed by atoms with Gasteiger partial charge in [-0.25, -0.2) is 0 Å². The normalized spacial score (nSPS) is 11.9. The summed E-state index contributed by atoms with van der Waals surface area (Å²) in [6.45, 7) is 2.26. The van der Waals surface area contributed by atoms with Gasteiger partial charge < -0.3 is 0 Å². The Balaban J connectivity index is 3.10. The van der Waals surface area contributed by atoms with Crippen LogP contribution in [0, 0.1) is 0 Å². The Morgan fingerprint density at radius 2 is 1.47 bits per heavy atom. The van der Waals surface area contributed by atoms with E-state index in [1.807, 2.05) is 0 Å². The van der Waals surface area contributed by atoms with E-state index in [0.717, 1.165) is 18.2 Å². The van der Waals surface area contributed by atoms with Crippen LogP contribution in [0.2, 0.25) is 0 Å². The number of alkyl halides is 1. The smallest absolute Gasteiger partial charge is 0.00659 e. The number of hydrogen-bond acceptors (Lipinski definition) is 0. The van der Waals surface area contributed by atoms with E-state index in [9.17, 15) is 0 Å². The minimum absolute atomic E-state index is 1.07. The van der Waals surface area contributed by atoms with E-state index in [4.69, 9.17) is 0 Å². The van der Waals surface area contributed by atoms with Crippen molar-refractivity contribution < 1.29 is 0 Å². The summed E-state index contributed by atoms with van der Waals surface area (Å²) < 4.78 is 0. The molecule has 0 N–H and O–H groups in total. The SMILES string of the molecule is CCCCCCCC=CCC=CCCBr. The molecule has 15 heavy (non-hydrogen) atoms. The Kier molecular flexibility index (Phi) is 13.9. The van der Waals surface area contributed by atoms with Gasteiger partial charge in [-0.1, -0.05) is 72.8 Å². The van der Waals surface area contributed by atoms with Gasteiger partial charge >= 0.3 is 0 Å². The molecule has 0 nitrogen and oxygen atoms in total.